The molecule has 3 aliphatic rings. The molecule has 4 nitrogen and oxygen atoms in total. The van der Waals surface area contributed by atoms with Crippen LogP contribution in [-0.4, -0.2) is 48.2 Å². The van der Waals surface area contributed by atoms with Gasteiger partial charge in [-0.05, 0) is 38.8 Å². The zero-order valence-corrected chi connectivity index (χ0v) is 13.8. The zero-order valence-electron chi connectivity index (χ0n) is 13.8. The van der Waals surface area contributed by atoms with Gasteiger partial charge in [0.2, 0.25) is 0 Å². The highest BCUT2D eigenvalue weighted by molar-refractivity contribution is 5.90. The van der Waals surface area contributed by atoms with E-state index < -0.39 is 5.60 Å². The van der Waals surface area contributed by atoms with E-state index in [2.05, 4.69) is 31.1 Å². The molecule has 0 radical (unpaired) electrons. The fourth-order valence-corrected chi connectivity index (χ4v) is 4.05. The lowest BCUT2D eigenvalue weighted by atomic mass is 9.83. The fraction of sp³-hybridized carbons (Fsp3) is 0.941. The Morgan fingerprint density at radius 3 is 2.71 bits per heavy atom. The van der Waals surface area contributed by atoms with Crippen LogP contribution >= 0.6 is 0 Å². The van der Waals surface area contributed by atoms with Gasteiger partial charge in [0, 0.05) is 13.0 Å². The molecule has 0 bridgehead atoms. The second-order valence-electron chi connectivity index (χ2n) is 7.80. The highest BCUT2D eigenvalue weighted by Gasteiger charge is 2.67. The van der Waals surface area contributed by atoms with Crippen molar-refractivity contribution in [3.8, 4) is 0 Å². The Bertz CT molecular complexity index is 404. The molecule has 0 aromatic rings. The summed E-state index contributed by atoms with van der Waals surface area (Å²) in [5.41, 5.74) is -0.610. The largest absolute Gasteiger partial charge is 0.355 e. The third kappa shape index (κ3) is 2.85. The molecule has 1 aliphatic heterocycles. The number of rotatable bonds is 4. The van der Waals surface area contributed by atoms with E-state index in [0.29, 0.717) is 5.92 Å². The van der Waals surface area contributed by atoms with Crippen molar-refractivity contribution in [3.05, 3.63) is 0 Å². The third-order valence-corrected chi connectivity index (χ3v) is 5.58. The van der Waals surface area contributed by atoms with Crippen LogP contribution in [0.15, 0.2) is 0 Å². The Morgan fingerprint density at radius 2 is 2.05 bits per heavy atom. The molecule has 3 fully saturated rings. The summed E-state index contributed by atoms with van der Waals surface area (Å²) in [5, 5.41) is 3.15. The van der Waals surface area contributed by atoms with Gasteiger partial charge in [-0.25, -0.2) is 0 Å². The summed E-state index contributed by atoms with van der Waals surface area (Å²) in [5.74, 6) is 0.827. The molecule has 1 N–H and O–H groups in total. The minimum absolute atomic E-state index is 0.0696. The van der Waals surface area contributed by atoms with Crippen molar-refractivity contribution in [2.24, 2.45) is 5.92 Å². The number of carbonyl (C=O) groups excluding carboxylic acids is 1. The summed E-state index contributed by atoms with van der Waals surface area (Å²) in [7, 11) is 2.14. The van der Waals surface area contributed by atoms with E-state index in [-0.39, 0.29) is 17.6 Å². The molecule has 2 aliphatic carbocycles. The number of ether oxygens (including phenoxy) is 1. The summed E-state index contributed by atoms with van der Waals surface area (Å²) in [6.45, 7) is 6.26. The lowest BCUT2D eigenvalue weighted by Gasteiger charge is -2.44. The van der Waals surface area contributed by atoms with Gasteiger partial charge < -0.3 is 10.1 Å². The summed E-state index contributed by atoms with van der Waals surface area (Å²) >= 11 is 0. The lowest BCUT2D eigenvalue weighted by molar-refractivity contribution is -0.178. The van der Waals surface area contributed by atoms with Crippen molar-refractivity contribution in [1.29, 1.82) is 0 Å². The number of nitrogens with one attached hydrogen (secondary N) is 1. The average Bonchev–Trinajstić information content (AvgIpc) is 3.17. The van der Waals surface area contributed by atoms with Crippen molar-refractivity contribution in [2.45, 2.75) is 76.0 Å². The highest BCUT2D eigenvalue weighted by Crippen LogP contribution is 2.51. The van der Waals surface area contributed by atoms with Crippen LogP contribution < -0.4 is 5.32 Å². The third-order valence-electron chi connectivity index (χ3n) is 5.58. The van der Waals surface area contributed by atoms with E-state index in [9.17, 15) is 4.79 Å². The molecular formula is C17H30N2O2. The summed E-state index contributed by atoms with van der Waals surface area (Å²) in [6, 6.07) is 0.273. The van der Waals surface area contributed by atoms with Gasteiger partial charge in [-0.15, -0.1) is 0 Å². The van der Waals surface area contributed by atoms with Crippen LogP contribution in [0.25, 0.3) is 0 Å². The monoisotopic (exact) mass is 294 g/mol. The Labute approximate surface area is 128 Å². The Balaban J connectivity index is 1.65. The molecule has 2 spiro atoms. The molecule has 2 saturated carbocycles. The van der Waals surface area contributed by atoms with E-state index in [1.54, 1.807) is 0 Å². The molecule has 1 heterocycles. The molecule has 2 atom stereocenters. The van der Waals surface area contributed by atoms with Crippen molar-refractivity contribution in [3.63, 3.8) is 0 Å². The second-order valence-corrected chi connectivity index (χ2v) is 7.80. The lowest BCUT2D eigenvalue weighted by Crippen LogP contribution is -2.61. The van der Waals surface area contributed by atoms with Gasteiger partial charge in [0.1, 0.15) is 0 Å². The molecule has 0 aromatic heterocycles. The molecule has 0 aromatic carbocycles. The maximum Gasteiger partial charge on any atom is 0.254 e. The molecule has 1 saturated heterocycles. The topological polar surface area (TPSA) is 41.6 Å². The zero-order chi connectivity index (χ0) is 15.1. The number of morpholine rings is 1. The van der Waals surface area contributed by atoms with Crippen molar-refractivity contribution >= 4 is 5.91 Å². The van der Waals surface area contributed by atoms with E-state index in [4.69, 9.17) is 4.74 Å². The minimum Gasteiger partial charge on any atom is -0.355 e. The first-order valence-corrected chi connectivity index (χ1v) is 8.66. The first kappa shape index (κ1) is 15.3. The molecule has 4 heteroatoms. The SMILES string of the molecule is CC(C)CCN(C)C1CC12OC1(CCCCC1)CNC2=O. The summed E-state index contributed by atoms with van der Waals surface area (Å²) < 4.78 is 6.51. The second kappa shape index (κ2) is 5.54. The normalized spacial score (nSPS) is 34.7. The summed E-state index contributed by atoms with van der Waals surface area (Å²) in [6.07, 6.45) is 8.04. The fourth-order valence-electron chi connectivity index (χ4n) is 4.05. The van der Waals surface area contributed by atoms with Crippen molar-refractivity contribution in [1.82, 2.24) is 10.2 Å². The van der Waals surface area contributed by atoms with Crippen LogP contribution in [0, 0.1) is 5.92 Å². The number of nitrogens with zero attached hydrogens (tertiary/aromatic N) is 1. The van der Waals surface area contributed by atoms with Crippen molar-refractivity contribution in [2.75, 3.05) is 20.1 Å². The first-order valence-electron chi connectivity index (χ1n) is 8.66. The van der Waals surface area contributed by atoms with E-state index in [1.807, 2.05) is 0 Å². The van der Waals surface area contributed by atoms with Crippen LogP contribution in [0.1, 0.15) is 58.8 Å². The maximum atomic E-state index is 12.4. The maximum absolute atomic E-state index is 12.4. The minimum atomic E-state index is -0.540. The molecule has 1 amide bonds. The van der Waals surface area contributed by atoms with Gasteiger partial charge in [0.05, 0.1) is 11.6 Å². The first-order chi connectivity index (χ1) is 9.97. The Kier molecular flexibility index (Phi) is 4.04. The van der Waals surface area contributed by atoms with Gasteiger partial charge >= 0.3 is 0 Å². The van der Waals surface area contributed by atoms with Gasteiger partial charge in [-0.3, -0.25) is 9.69 Å². The average molecular weight is 294 g/mol. The van der Waals surface area contributed by atoms with Crippen LogP contribution in [0.4, 0.5) is 0 Å². The van der Waals surface area contributed by atoms with Crippen molar-refractivity contribution < 1.29 is 9.53 Å². The standard InChI is InChI=1S/C17H30N2O2/c1-13(2)7-10-19(3)14-11-17(14)15(20)18-12-16(21-17)8-5-4-6-9-16/h13-14H,4-12H2,1-3H3,(H,18,20). The quantitative estimate of drug-likeness (QED) is 0.865. The molecule has 3 rings (SSSR count). The van der Waals surface area contributed by atoms with Crippen LogP contribution in [0.2, 0.25) is 0 Å². The Hall–Kier alpha value is -0.610. The highest BCUT2D eigenvalue weighted by atomic mass is 16.5. The van der Waals surface area contributed by atoms with Gasteiger partial charge in [0.25, 0.3) is 5.91 Å². The number of hydrogen-bond donors (Lipinski definition) is 1. The molecule has 21 heavy (non-hydrogen) atoms. The predicted molar refractivity (Wildman–Crippen MR) is 83.1 cm³/mol. The molecule has 2 unspecified atom stereocenters. The van der Waals surface area contributed by atoms with Gasteiger partial charge in [-0.2, -0.15) is 0 Å². The number of hydrogen-bond acceptors (Lipinski definition) is 3. The molecular weight excluding hydrogens is 264 g/mol. The van der Waals surface area contributed by atoms with Crippen LogP contribution in [0.3, 0.4) is 0 Å². The van der Waals surface area contributed by atoms with E-state index in [0.717, 1.165) is 32.4 Å². The number of likely N-dealkylation sites (N-methyl/N-ethyl adjacent to an activating group) is 1. The van der Waals surface area contributed by atoms with E-state index in [1.165, 1.54) is 25.7 Å². The van der Waals surface area contributed by atoms with Gasteiger partial charge in [0.15, 0.2) is 5.60 Å². The summed E-state index contributed by atoms with van der Waals surface area (Å²) in [4.78, 5) is 14.7. The molecule has 120 valence electrons. The number of carbonyl (C=O) groups is 1. The van der Waals surface area contributed by atoms with Gasteiger partial charge in [-0.1, -0.05) is 33.1 Å². The smallest absolute Gasteiger partial charge is 0.254 e. The van der Waals surface area contributed by atoms with E-state index >= 15 is 0 Å². The predicted octanol–water partition coefficient (Wildman–Crippen LogP) is 2.32. The Morgan fingerprint density at radius 1 is 1.33 bits per heavy atom. The van der Waals surface area contributed by atoms with Crippen LogP contribution in [-0.2, 0) is 9.53 Å². The number of amides is 1. The van der Waals surface area contributed by atoms with Crippen LogP contribution in [0.5, 0.6) is 0 Å².